The molecule has 1 aromatic heterocycles. The molecule has 1 unspecified atom stereocenters. The maximum Gasteiger partial charge on any atom is 0.341 e. The van der Waals surface area contributed by atoms with Crippen LogP contribution in [0.1, 0.15) is 55.8 Å². The van der Waals surface area contributed by atoms with Crippen LogP contribution >= 0.6 is 11.3 Å². The number of rotatable bonds is 7. The van der Waals surface area contributed by atoms with E-state index in [1.807, 2.05) is 13.8 Å². The summed E-state index contributed by atoms with van der Waals surface area (Å²) in [5.41, 5.74) is 5.47. The molecule has 1 amide bonds. The Balaban J connectivity index is 2.99. The molecule has 5 nitrogen and oxygen atoms in total. The molecule has 21 heavy (non-hydrogen) atoms. The quantitative estimate of drug-likeness (QED) is 0.758. The molecule has 6 heteroatoms. The van der Waals surface area contributed by atoms with Crippen molar-refractivity contribution < 1.29 is 14.3 Å². The average Bonchev–Trinajstić information content (AvgIpc) is 2.82. The lowest BCUT2D eigenvalue weighted by Gasteiger charge is -2.22. The van der Waals surface area contributed by atoms with E-state index < -0.39 is 11.5 Å². The molecule has 3 N–H and O–H groups in total. The third-order valence-corrected chi connectivity index (χ3v) is 4.34. The predicted octanol–water partition coefficient (Wildman–Crippen LogP) is 2.94. The van der Waals surface area contributed by atoms with E-state index in [1.165, 1.54) is 11.3 Å². The van der Waals surface area contributed by atoms with Gasteiger partial charge >= 0.3 is 5.97 Å². The lowest BCUT2D eigenvalue weighted by molar-refractivity contribution is -0.120. The maximum atomic E-state index is 12.3. The van der Waals surface area contributed by atoms with Crippen molar-refractivity contribution in [3.8, 4) is 0 Å². The van der Waals surface area contributed by atoms with Crippen molar-refractivity contribution in [2.45, 2.75) is 52.5 Å². The SMILES string of the molecule is CCCC(C)(N)C(=O)Nc1sc(CC)cc1C(=O)OCC. The number of hydrogen-bond donors (Lipinski definition) is 2. The second-order valence-electron chi connectivity index (χ2n) is 5.15. The van der Waals surface area contributed by atoms with Crippen molar-refractivity contribution in [1.29, 1.82) is 0 Å². The summed E-state index contributed by atoms with van der Waals surface area (Å²) in [6, 6.07) is 1.77. The number of anilines is 1. The fraction of sp³-hybridized carbons (Fsp3) is 0.600. The van der Waals surface area contributed by atoms with Gasteiger partial charge in [0.05, 0.1) is 17.7 Å². The number of esters is 1. The van der Waals surface area contributed by atoms with Crippen LogP contribution in [0, 0.1) is 0 Å². The topological polar surface area (TPSA) is 81.4 Å². The van der Waals surface area contributed by atoms with Gasteiger partial charge in [-0.1, -0.05) is 20.3 Å². The summed E-state index contributed by atoms with van der Waals surface area (Å²) in [5.74, 6) is -0.697. The van der Waals surface area contributed by atoms with Gasteiger partial charge in [0.15, 0.2) is 0 Å². The van der Waals surface area contributed by atoms with Gasteiger partial charge in [-0.25, -0.2) is 4.79 Å². The summed E-state index contributed by atoms with van der Waals surface area (Å²) in [4.78, 5) is 25.2. The average molecular weight is 312 g/mol. The van der Waals surface area contributed by atoms with Crippen LogP contribution in [-0.2, 0) is 16.0 Å². The summed E-state index contributed by atoms with van der Waals surface area (Å²) in [6.07, 6.45) is 2.19. The predicted molar refractivity (Wildman–Crippen MR) is 85.8 cm³/mol. The molecule has 0 fully saturated rings. The summed E-state index contributed by atoms with van der Waals surface area (Å²) in [6.45, 7) is 7.72. The molecule has 1 aromatic rings. The van der Waals surface area contributed by atoms with Crippen LogP contribution in [0.3, 0.4) is 0 Å². The van der Waals surface area contributed by atoms with E-state index in [0.29, 0.717) is 23.6 Å². The molecule has 0 saturated carbocycles. The zero-order valence-corrected chi connectivity index (χ0v) is 13.9. The number of ether oxygens (including phenoxy) is 1. The van der Waals surface area contributed by atoms with E-state index in [0.717, 1.165) is 17.7 Å². The van der Waals surface area contributed by atoms with E-state index in [-0.39, 0.29) is 5.91 Å². The van der Waals surface area contributed by atoms with Gasteiger partial charge in [-0.15, -0.1) is 11.3 Å². The Hall–Kier alpha value is -1.40. The summed E-state index contributed by atoms with van der Waals surface area (Å²) < 4.78 is 5.03. The minimum absolute atomic E-state index is 0.278. The Kier molecular flexibility index (Phi) is 6.36. The minimum atomic E-state index is -0.947. The molecule has 0 spiro atoms. The first-order valence-electron chi connectivity index (χ1n) is 7.25. The third-order valence-electron chi connectivity index (χ3n) is 3.14. The first-order valence-corrected chi connectivity index (χ1v) is 8.07. The molecule has 118 valence electrons. The number of thiophene rings is 1. The Labute approximate surface area is 129 Å². The lowest BCUT2D eigenvalue weighted by atomic mass is 9.96. The van der Waals surface area contributed by atoms with Crippen LogP contribution in [0.25, 0.3) is 0 Å². The second kappa shape index (κ2) is 7.56. The number of nitrogens with two attached hydrogens (primary N) is 1. The van der Waals surface area contributed by atoms with Crippen LogP contribution in [0.15, 0.2) is 6.07 Å². The summed E-state index contributed by atoms with van der Waals surface area (Å²) >= 11 is 1.39. The highest BCUT2D eigenvalue weighted by atomic mass is 32.1. The molecule has 1 atom stereocenters. The molecule has 0 radical (unpaired) electrons. The fourth-order valence-electron chi connectivity index (χ4n) is 1.95. The molecule has 0 saturated heterocycles. The van der Waals surface area contributed by atoms with Crippen LogP contribution in [0.2, 0.25) is 0 Å². The van der Waals surface area contributed by atoms with Gasteiger partial charge in [-0.3, -0.25) is 4.79 Å². The molecule has 0 bridgehead atoms. The molecule has 0 aliphatic rings. The van der Waals surface area contributed by atoms with Crippen LogP contribution in [0.4, 0.5) is 5.00 Å². The van der Waals surface area contributed by atoms with Crippen molar-refractivity contribution in [3.63, 3.8) is 0 Å². The van der Waals surface area contributed by atoms with E-state index in [9.17, 15) is 9.59 Å². The number of carbonyl (C=O) groups is 2. The normalized spacial score (nSPS) is 13.6. The van der Waals surface area contributed by atoms with Crippen molar-refractivity contribution in [2.75, 3.05) is 11.9 Å². The van der Waals surface area contributed by atoms with Gasteiger partial charge in [0.1, 0.15) is 5.00 Å². The lowest BCUT2D eigenvalue weighted by Crippen LogP contribution is -2.48. The Morgan fingerprint density at radius 1 is 1.38 bits per heavy atom. The molecule has 0 aliphatic carbocycles. The number of aryl methyl sites for hydroxylation is 1. The van der Waals surface area contributed by atoms with Gasteiger partial charge in [-0.2, -0.15) is 0 Å². The molecule has 1 rings (SSSR count). The van der Waals surface area contributed by atoms with Crippen LogP contribution in [-0.4, -0.2) is 24.0 Å². The third kappa shape index (κ3) is 4.54. The second-order valence-corrected chi connectivity index (χ2v) is 6.29. The largest absolute Gasteiger partial charge is 0.462 e. The van der Waals surface area contributed by atoms with Crippen molar-refractivity contribution in [3.05, 3.63) is 16.5 Å². The molecule has 0 aliphatic heterocycles. The standard InChI is InChI=1S/C15H24N2O3S/c1-5-8-15(4,16)14(19)17-12-11(13(18)20-7-3)9-10(6-2)21-12/h9H,5-8,16H2,1-4H3,(H,17,19). The Morgan fingerprint density at radius 3 is 2.57 bits per heavy atom. The maximum absolute atomic E-state index is 12.3. The fourth-order valence-corrected chi connectivity index (χ4v) is 2.93. The van der Waals surface area contributed by atoms with Crippen LogP contribution in [0.5, 0.6) is 0 Å². The zero-order chi connectivity index (χ0) is 16.0. The summed E-state index contributed by atoms with van der Waals surface area (Å²) in [5, 5.41) is 3.30. The molecule has 0 aromatic carbocycles. The van der Waals surface area contributed by atoms with Gasteiger partial charge in [-0.05, 0) is 32.8 Å². The van der Waals surface area contributed by atoms with Gasteiger partial charge in [0.2, 0.25) is 5.91 Å². The van der Waals surface area contributed by atoms with Crippen molar-refractivity contribution in [1.82, 2.24) is 0 Å². The number of carbonyl (C=O) groups excluding carboxylic acids is 2. The number of amides is 1. The zero-order valence-electron chi connectivity index (χ0n) is 13.1. The molecular weight excluding hydrogens is 288 g/mol. The first kappa shape index (κ1) is 17.7. The summed E-state index contributed by atoms with van der Waals surface area (Å²) in [7, 11) is 0. The highest BCUT2D eigenvalue weighted by Gasteiger charge is 2.29. The van der Waals surface area contributed by atoms with Crippen LogP contribution < -0.4 is 11.1 Å². The van der Waals surface area contributed by atoms with E-state index in [1.54, 1.807) is 19.9 Å². The molecular formula is C15H24N2O3S. The monoisotopic (exact) mass is 312 g/mol. The Morgan fingerprint density at radius 2 is 2.05 bits per heavy atom. The number of hydrogen-bond acceptors (Lipinski definition) is 5. The molecule has 1 heterocycles. The highest BCUT2D eigenvalue weighted by molar-refractivity contribution is 7.16. The van der Waals surface area contributed by atoms with Gasteiger partial charge < -0.3 is 15.8 Å². The number of nitrogens with one attached hydrogen (secondary N) is 1. The first-order chi connectivity index (χ1) is 9.85. The smallest absolute Gasteiger partial charge is 0.341 e. The van der Waals surface area contributed by atoms with E-state index in [4.69, 9.17) is 10.5 Å². The van der Waals surface area contributed by atoms with Crippen molar-refractivity contribution in [2.24, 2.45) is 5.73 Å². The Bertz CT molecular complexity index is 509. The van der Waals surface area contributed by atoms with E-state index >= 15 is 0 Å². The minimum Gasteiger partial charge on any atom is -0.462 e. The van der Waals surface area contributed by atoms with Gasteiger partial charge in [0, 0.05) is 4.88 Å². The van der Waals surface area contributed by atoms with Gasteiger partial charge in [0.25, 0.3) is 0 Å². The van der Waals surface area contributed by atoms with E-state index in [2.05, 4.69) is 5.32 Å². The highest BCUT2D eigenvalue weighted by Crippen LogP contribution is 2.30. The van der Waals surface area contributed by atoms with Crippen molar-refractivity contribution >= 4 is 28.2 Å².